The first-order valence-corrected chi connectivity index (χ1v) is 9.07. The van der Waals surface area contributed by atoms with Gasteiger partial charge in [0.2, 0.25) is 0 Å². The van der Waals surface area contributed by atoms with Crippen molar-refractivity contribution in [3.05, 3.63) is 16.1 Å². The van der Waals surface area contributed by atoms with Crippen LogP contribution >= 0.6 is 11.3 Å². The van der Waals surface area contributed by atoms with Crippen LogP contribution in [-0.4, -0.2) is 54.8 Å². The first-order chi connectivity index (χ1) is 10.8. The van der Waals surface area contributed by atoms with E-state index in [0.29, 0.717) is 24.3 Å². The molecular weight excluding hydrogens is 300 g/mol. The van der Waals surface area contributed by atoms with Gasteiger partial charge in [0.1, 0.15) is 0 Å². The molecule has 0 amide bonds. The lowest BCUT2D eigenvalue weighted by Crippen LogP contribution is -2.43. The average Bonchev–Trinajstić information content (AvgIpc) is 3.19. The molecule has 2 aliphatic rings. The summed E-state index contributed by atoms with van der Waals surface area (Å²) in [4.78, 5) is 18.7. The Hall–Kier alpha value is -0.980. The van der Waals surface area contributed by atoms with E-state index in [1.807, 2.05) is 12.3 Å². The van der Waals surface area contributed by atoms with Crippen molar-refractivity contribution in [2.24, 2.45) is 5.92 Å². The molecule has 2 saturated heterocycles. The Morgan fingerprint density at radius 2 is 2.45 bits per heavy atom. The molecule has 0 saturated carbocycles. The minimum atomic E-state index is -0.307. The summed E-state index contributed by atoms with van der Waals surface area (Å²) in [5.74, 6) is 0.328. The van der Waals surface area contributed by atoms with Gasteiger partial charge in [-0.25, -0.2) is 9.78 Å². The molecule has 0 N–H and O–H groups in total. The van der Waals surface area contributed by atoms with Gasteiger partial charge in [-0.2, -0.15) is 0 Å². The van der Waals surface area contributed by atoms with E-state index >= 15 is 0 Å². The number of carbonyl (C=O) groups is 1. The molecule has 0 bridgehead atoms. The smallest absolute Gasteiger partial charge is 0.357 e. The summed E-state index contributed by atoms with van der Waals surface area (Å²) in [6, 6.07) is 0.606. The van der Waals surface area contributed by atoms with Crippen LogP contribution in [0.1, 0.15) is 41.7 Å². The summed E-state index contributed by atoms with van der Waals surface area (Å²) >= 11 is 1.58. The van der Waals surface area contributed by atoms with Gasteiger partial charge in [-0.05, 0) is 38.6 Å². The molecule has 3 rings (SSSR count). The topological polar surface area (TPSA) is 51.7 Å². The maximum Gasteiger partial charge on any atom is 0.357 e. The minimum absolute atomic E-state index is 0.307. The van der Waals surface area contributed by atoms with Gasteiger partial charge in [0, 0.05) is 31.0 Å². The Bertz CT molecular complexity index is 499. The van der Waals surface area contributed by atoms with Crippen LogP contribution in [-0.2, 0) is 15.9 Å². The highest BCUT2D eigenvalue weighted by Gasteiger charge is 2.29. The summed E-state index contributed by atoms with van der Waals surface area (Å²) < 4.78 is 10.5. The fourth-order valence-electron chi connectivity index (χ4n) is 3.36. The third-order valence-corrected chi connectivity index (χ3v) is 5.34. The van der Waals surface area contributed by atoms with Gasteiger partial charge < -0.3 is 9.47 Å². The van der Waals surface area contributed by atoms with Gasteiger partial charge in [-0.1, -0.05) is 0 Å². The molecule has 1 aromatic rings. The lowest BCUT2D eigenvalue weighted by Gasteiger charge is -2.35. The van der Waals surface area contributed by atoms with E-state index in [0.717, 1.165) is 37.6 Å². The van der Waals surface area contributed by atoms with Crippen LogP contribution in [0.3, 0.4) is 0 Å². The van der Waals surface area contributed by atoms with Gasteiger partial charge >= 0.3 is 5.97 Å². The number of carbonyl (C=O) groups excluding carboxylic acids is 1. The third kappa shape index (κ3) is 3.86. The summed E-state index contributed by atoms with van der Waals surface area (Å²) in [5.41, 5.74) is 0.457. The molecule has 22 heavy (non-hydrogen) atoms. The molecule has 6 heteroatoms. The highest BCUT2D eigenvalue weighted by Crippen LogP contribution is 2.26. The predicted molar refractivity (Wildman–Crippen MR) is 85.3 cm³/mol. The monoisotopic (exact) mass is 324 g/mol. The number of thiazole rings is 1. The molecule has 122 valence electrons. The molecule has 0 radical (unpaired) electrons. The van der Waals surface area contributed by atoms with E-state index in [-0.39, 0.29) is 5.97 Å². The number of piperidine rings is 1. The van der Waals surface area contributed by atoms with E-state index in [9.17, 15) is 4.79 Å². The fourth-order valence-corrected chi connectivity index (χ4v) is 4.24. The Balaban J connectivity index is 1.55. The molecule has 2 aliphatic heterocycles. The lowest BCUT2D eigenvalue weighted by atomic mass is 9.94. The normalized spacial score (nSPS) is 26.2. The highest BCUT2D eigenvalue weighted by atomic mass is 32.1. The fraction of sp³-hybridized carbons (Fsp3) is 0.750. The van der Waals surface area contributed by atoms with Crippen LogP contribution < -0.4 is 0 Å². The number of rotatable bonds is 5. The zero-order valence-corrected chi connectivity index (χ0v) is 13.9. The molecule has 0 aliphatic carbocycles. The second-order valence-corrected chi connectivity index (χ2v) is 7.01. The van der Waals surface area contributed by atoms with E-state index < -0.39 is 0 Å². The standard InChI is InChI=1S/C16H24N2O3S/c1-2-21-16(19)14-11-22-15(17-14)8-12-4-3-6-18(9-12)13-5-7-20-10-13/h11-13H,2-10H2,1H3. The Kier molecular flexibility index (Phi) is 5.44. The van der Waals surface area contributed by atoms with Gasteiger partial charge in [0.05, 0.1) is 18.2 Å². The van der Waals surface area contributed by atoms with E-state index in [1.54, 1.807) is 11.3 Å². The summed E-state index contributed by atoms with van der Waals surface area (Å²) in [7, 11) is 0. The maximum atomic E-state index is 11.7. The zero-order chi connectivity index (χ0) is 15.4. The largest absolute Gasteiger partial charge is 0.461 e. The Morgan fingerprint density at radius 3 is 3.23 bits per heavy atom. The third-order valence-electron chi connectivity index (χ3n) is 4.47. The molecule has 5 nitrogen and oxygen atoms in total. The van der Waals surface area contributed by atoms with Crippen LogP contribution in [0, 0.1) is 5.92 Å². The van der Waals surface area contributed by atoms with Crippen molar-refractivity contribution in [3.63, 3.8) is 0 Å². The quantitative estimate of drug-likeness (QED) is 0.778. The van der Waals surface area contributed by atoms with Gasteiger partial charge in [0.15, 0.2) is 5.69 Å². The molecule has 0 spiro atoms. The highest BCUT2D eigenvalue weighted by molar-refractivity contribution is 7.09. The Morgan fingerprint density at radius 1 is 1.55 bits per heavy atom. The minimum Gasteiger partial charge on any atom is -0.461 e. The number of hydrogen-bond acceptors (Lipinski definition) is 6. The number of hydrogen-bond donors (Lipinski definition) is 0. The zero-order valence-electron chi connectivity index (χ0n) is 13.1. The van der Waals surface area contributed by atoms with Crippen LogP contribution in [0.15, 0.2) is 5.38 Å². The number of aromatic nitrogens is 1. The molecule has 2 unspecified atom stereocenters. The summed E-state index contributed by atoms with van der Waals surface area (Å²) in [6.45, 7) is 6.32. The summed E-state index contributed by atoms with van der Waals surface area (Å²) in [5, 5.41) is 2.87. The number of ether oxygens (including phenoxy) is 2. The van der Waals surface area contributed by atoms with Gasteiger partial charge in [0.25, 0.3) is 0 Å². The molecule has 2 atom stereocenters. The first-order valence-electron chi connectivity index (χ1n) is 8.19. The maximum absolute atomic E-state index is 11.7. The SMILES string of the molecule is CCOC(=O)c1csc(CC2CCCN(C3CCOC3)C2)n1. The summed E-state index contributed by atoms with van der Waals surface area (Å²) in [6.07, 6.45) is 4.63. The van der Waals surface area contributed by atoms with Crippen LogP contribution in [0.25, 0.3) is 0 Å². The van der Waals surface area contributed by atoms with Crippen LogP contribution in [0.2, 0.25) is 0 Å². The van der Waals surface area contributed by atoms with Gasteiger partial charge in [-0.3, -0.25) is 4.90 Å². The van der Waals surface area contributed by atoms with Gasteiger partial charge in [-0.15, -0.1) is 11.3 Å². The van der Waals surface area contributed by atoms with Crippen molar-refractivity contribution < 1.29 is 14.3 Å². The predicted octanol–water partition coefficient (Wildman–Crippen LogP) is 2.36. The van der Waals surface area contributed by atoms with Crippen LogP contribution in [0.5, 0.6) is 0 Å². The van der Waals surface area contributed by atoms with Crippen LogP contribution in [0.4, 0.5) is 0 Å². The second kappa shape index (κ2) is 7.53. The van der Waals surface area contributed by atoms with E-state index in [4.69, 9.17) is 9.47 Å². The molecule has 1 aromatic heterocycles. The van der Waals surface area contributed by atoms with Crippen molar-refractivity contribution in [1.82, 2.24) is 9.88 Å². The van der Waals surface area contributed by atoms with Crippen molar-refractivity contribution in [1.29, 1.82) is 0 Å². The van der Waals surface area contributed by atoms with Crippen molar-refractivity contribution in [2.75, 3.05) is 32.9 Å². The van der Waals surface area contributed by atoms with Crippen molar-refractivity contribution in [2.45, 2.75) is 38.6 Å². The Labute approximate surface area is 135 Å². The number of nitrogens with zero attached hydrogens (tertiary/aromatic N) is 2. The molecule has 2 fully saturated rings. The first kappa shape index (κ1) is 15.9. The molecule has 3 heterocycles. The van der Waals surface area contributed by atoms with E-state index in [1.165, 1.54) is 19.4 Å². The second-order valence-electron chi connectivity index (χ2n) is 6.07. The molecular formula is C16H24N2O3S. The van der Waals surface area contributed by atoms with Crippen molar-refractivity contribution >= 4 is 17.3 Å². The molecule has 0 aromatic carbocycles. The lowest BCUT2D eigenvalue weighted by molar-refractivity contribution is 0.0520. The number of likely N-dealkylation sites (tertiary alicyclic amines) is 1. The average molecular weight is 324 g/mol. The van der Waals surface area contributed by atoms with E-state index in [2.05, 4.69) is 9.88 Å². The van der Waals surface area contributed by atoms with Crippen molar-refractivity contribution in [3.8, 4) is 0 Å². The number of esters is 1.